The second kappa shape index (κ2) is 7.04. The van der Waals surface area contributed by atoms with Crippen molar-refractivity contribution >= 4 is 78.5 Å². The number of urea groups is 1. The first-order valence-electron chi connectivity index (χ1n) is 6.22. The molecule has 1 aromatic carbocycles. The number of rotatable bonds is 4. The Labute approximate surface area is 158 Å². The monoisotopic (exact) mass is 487 g/mol. The third kappa shape index (κ3) is 3.70. The molecule has 23 heavy (non-hydrogen) atoms. The van der Waals surface area contributed by atoms with Crippen LogP contribution >= 0.6 is 55.1 Å². The van der Waals surface area contributed by atoms with Crippen LogP contribution in [0.3, 0.4) is 0 Å². The molecule has 1 atom stereocenters. The molecule has 0 saturated carbocycles. The van der Waals surface area contributed by atoms with Gasteiger partial charge in [0.25, 0.3) is 0 Å². The highest BCUT2D eigenvalue weighted by molar-refractivity contribution is 9.25. The van der Waals surface area contributed by atoms with Crippen molar-refractivity contribution in [2.45, 2.75) is 8.73 Å². The first kappa shape index (κ1) is 18.6. The maximum Gasteiger partial charge on any atom is 0.337 e. The van der Waals surface area contributed by atoms with Crippen molar-refractivity contribution in [3.63, 3.8) is 0 Å². The van der Waals surface area contributed by atoms with E-state index >= 15 is 0 Å². The number of benzene rings is 1. The topological polar surface area (TPSA) is 53.0 Å². The van der Waals surface area contributed by atoms with Crippen LogP contribution in [0.25, 0.3) is 0 Å². The lowest BCUT2D eigenvalue weighted by Crippen LogP contribution is -2.32. The van der Waals surface area contributed by atoms with Gasteiger partial charge in [-0.2, -0.15) is 0 Å². The Morgan fingerprint density at radius 1 is 1.39 bits per heavy atom. The third-order valence-electron chi connectivity index (χ3n) is 3.02. The van der Waals surface area contributed by atoms with E-state index in [2.05, 4.69) is 36.9 Å². The highest BCUT2D eigenvalue weighted by atomic mass is 79.9. The van der Waals surface area contributed by atoms with Crippen LogP contribution in [0, 0.1) is 5.82 Å². The Morgan fingerprint density at radius 2 is 2.04 bits per heavy atom. The van der Waals surface area contributed by atoms with Crippen molar-refractivity contribution in [1.82, 2.24) is 4.90 Å². The van der Waals surface area contributed by atoms with Gasteiger partial charge in [-0.25, -0.2) is 19.1 Å². The van der Waals surface area contributed by atoms with E-state index in [0.717, 1.165) is 15.9 Å². The van der Waals surface area contributed by atoms with Gasteiger partial charge in [-0.05, 0) is 18.2 Å². The van der Waals surface area contributed by atoms with Crippen LogP contribution in [-0.4, -0.2) is 44.3 Å². The second-order valence-electron chi connectivity index (χ2n) is 4.65. The zero-order chi connectivity index (χ0) is 17.4. The van der Waals surface area contributed by atoms with Crippen LogP contribution in [0.2, 0.25) is 0 Å². The average molecular weight is 490 g/mol. The number of anilines is 1. The third-order valence-corrected chi connectivity index (χ3v) is 6.51. The molecular formula is C13H10Br2Cl2FN3O2. The van der Waals surface area contributed by atoms with Gasteiger partial charge in [0.15, 0.2) is 5.50 Å². The minimum atomic E-state index is -0.957. The summed E-state index contributed by atoms with van der Waals surface area (Å²) in [7, 11) is 1.38. The largest absolute Gasteiger partial charge is 0.337 e. The average Bonchev–Trinajstić information content (AvgIpc) is 2.71. The summed E-state index contributed by atoms with van der Waals surface area (Å²) in [4.78, 5) is 30.7. The van der Waals surface area contributed by atoms with E-state index < -0.39 is 26.5 Å². The molecule has 0 bridgehead atoms. The molecule has 0 aromatic heterocycles. The van der Waals surface area contributed by atoms with Crippen molar-refractivity contribution < 1.29 is 14.0 Å². The van der Waals surface area contributed by atoms with Crippen LogP contribution < -0.4 is 4.90 Å². The van der Waals surface area contributed by atoms with E-state index in [9.17, 15) is 14.0 Å². The summed E-state index contributed by atoms with van der Waals surface area (Å²) in [6.45, 7) is 0. The lowest BCUT2D eigenvalue weighted by Gasteiger charge is -2.20. The van der Waals surface area contributed by atoms with Crippen molar-refractivity contribution in [1.29, 1.82) is 0 Å². The molecule has 1 aliphatic heterocycles. The molecule has 124 valence electrons. The number of carbonyl (C=O) groups excluding carboxylic acids is 2. The van der Waals surface area contributed by atoms with Gasteiger partial charge in [0.1, 0.15) is 9.05 Å². The molecule has 0 aliphatic carbocycles. The summed E-state index contributed by atoms with van der Waals surface area (Å²) in [6, 6.07) is 4.50. The molecular weight excluding hydrogens is 480 g/mol. The number of halogens is 5. The van der Waals surface area contributed by atoms with E-state index in [-0.39, 0.29) is 17.4 Å². The highest BCUT2D eigenvalue weighted by Gasteiger charge is 2.43. The van der Waals surface area contributed by atoms with Crippen LogP contribution in [0.1, 0.15) is 0 Å². The number of nitrogens with zero attached hydrogens (tertiary/aromatic N) is 3. The lowest BCUT2D eigenvalue weighted by atomic mass is 10.3. The number of hydrogen-bond donors (Lipinski definition) is 0. The molecule has 1 heterocycles. The predicted octanol–water partition coefficient (Wildman–Crippen LogP) is 3.91. The van der Waals surface area contributed by atoms with Gasteiger partial charge in [0.2, 0.25) is 5.84 Å². The summed E-state index contributed by atoms with van der Waals surface area (Å²) in [5.41, 5.74) is -0.842. The molecule has 2 rings (SSSR count). The number of carbonyl (C=O) groups is 2. The number of likely N-dealkylation sites (N-methyl/N-ethyl adjacent to an activating group) is 1. The molecule has 1 saturated heterocycles. The van der Waals surface area contributed by atoms with Crippen molar-refractivity contribution in [3.8, 4) is 0 Å². The maximum atomic E-state index is 13.3. The minimum absolute atomic E-state index is 0.0669. The van der Waals surface area contributed by atoms with E-state index in [4.69, 9.17) is 23.2 Å². The molecule has 10 heteroatoms. The first-order chi connectivity index (χ1) is 10.7. The van der Waals surface area contributed by atoms with Gasteiger partial charge in [0, 0.05) is 7.05 Å². The molecule has 0 N–H and O–H groups in total. The van der Waals surface area contributed by atoms with Gasteiger partial charge >= 0.3 is 11.9 Å². The standard InChI is InChI=1S/C13H10Br2Cl2FN3O2/c1-20-9(19-11(17)13(14,15)6-16)10(22)21(12(20)23)8-4-2-3-7(18)5-8/h2-5,11H,6H2,1H3. The summed E-state index contributed by atoms with van der Waals surface area (Å²) >= 11 is 18.4. The van der Waals surface area contributed by atoms with Gasteiger partial charge < -0.3 is 0 Å². The van der Waals surface area contributed by atoms with Crippen LogP contribution in [0.5, 0.6) is 0 Å². The van der Waals surface area contributed by atoms with E-state index in [1.54, 1.807) is 0 Å². The molecule has 1 aliphatic rings. The normalized spacial score (nSPS) is 19.0. The number of amides is 3. The molecule has 5 nitrogen and oxygen atoms in total. The second-order valence-corrected chi connectivity index (χ2v) is 9.22. The molecule has 1 aromatic rings. The number of aliphatic imine (C=N–C) groups is 1. The Balaban J connectivity index is 2.39. The molecule has 3 amide bonds. The Kier molecular flexibility index (Phi) is 5.71. The maximum absolute atomic E-state index is 13.3. The summed E-state index contributed by atoms with van der Waals surface area (Å²) in [5.74, 6) is -1.35. The van der Waals surface area contributed by atoms with Gasteiger partial charge in [-0.3, -0.25) is 9.69 Å². The Hall–Kier alpha value is -0.700. The quantitative estimate of drug-likeness (QED) is 0.366. The Morgan fingerprint density at radius 3 is 2.61 bits per heavy atom. The van der Waals surface area contributed by atoms with Crippen molar-refractivity contribution in [3.05, 3.63) is 30.1 Å². The predicted molar refractivity (Wildman–Crippen MR) is 95.4 cm³/mol. The highest BCUT2D eigenvalue weighted by Crippen LogP contribution is 2.36. The molecule has 1 unspecified atom stereocenters. The SMILES string of the molecule is CN1C(=O)N(c2cccc(F)c2)C(=O)C1=NC(Cl)C(Br)(Br)CCl. The fourth-order valence-corrected chi connectivity index (χ4v) is 2.42. The fourth-order valence-electron chi connectivity index (χ4n) is 1.82. The minimum Gasteiger partial charge on any atom is -0.276 e. The first-order valence-corrected chi connectivity index (χ1v) is 8.78. The number of hydrogen-bond acceptors (Lipinski definition) is 3. The molecule has 0 spiro atoms. The van der Waals surface area contributed by atoms with Gasteiger partial charge in [0.05, 0.1) is 11.6 Å². The van der Waals surface area contributed by atoms with Gasteiger partial charge in [-0.1, -0.05) is 49.5 Å². The smallest absolute Gasteiger partial charge is 0.276 e. The molecule has 1 fully saturated rings. The summed E-state index contributed by atoms with van der Waals surface area (Å²) in [6.07, 6.45) is 0. The van der Waals surface area contributed by atoms with E-state index in [0.29, 0.717) is 0 Å². The van der Waals surface area contributed by atoms with E-state index in [1.807, 2.05) is 0 Å². The Bertz CT molecular complexity index is 687. The van der Waals surface area contributed by atoms with E-state index in [1.165, 1.54) is 25.2 Å². The number of alkyl halides is 4. The summed E-state index contributed by atoms with van der Waals surface area (Å²) < 4.78 is 12.4. The number of amidine groups is 1. The van der Waals surface area contributed by atoms with Crippen molar-refractivity contribution in [2.75, 3.05) is 17.8 Å². The van der Waals surface area contributed by atoms with Crippen LogP contribution in [0.4, 0.5) is 14.9 Å². The van der Waals surface area contributed by atoms with Crippen LogP contribution in [0.15, 0.2) is 29.3 Å². The lowest BCUT2D eigenvalue weighted by molar-refractivity contribution is -0.111. The van der Waals surface area contributed by atoms with Crippen molar-refractivity contribution in [2.24, 2.45) is 4.99 Å². The van der Waals surface area contributed by atoms with Gasteiger partial charge in [-0.15, -0.1) is 11.6 Å². The molecule has 0 radical (unpaired) electrons. The zero-order valence-electron chi connectivity index (χ0n) is 11.6. The number of imide groups is 1. The fraction of sp³-hybridized carbons (Fsp3) is 0.308. The zero-order valence-corrected chi connectivity index (χ0v) is 16.3. The summed E-state index contributed by atoms with van der Waals surface area (Å²) in [5, 5.41) is 0. The van der Waals surface area contributed by atoms with Crippen LogP contribution in [-0.2, 0) is 4.79 Å².